The zero-order valence-corrected chi connectivity index (χ0v) is 17.9. The van der Waals surface area contributed by atoms with Gasteiger partial charge in [0.05, 0.1) is 28.6 Å². The molecule has 0 fully saturated rings. The van der Waals surface area contributed by atoms with E-state index in [1.165, 1.54) is 18.2 Å². The fraction of sp³-hybridized carbons (Fsp3) is 0.0909. The van der Waals surface area contributed by atoms with E-state index in [9.17, 15) is 18.0 Å². The second-order valence-electron chi connectivity index (χ2n) is 6.60. The van der Waals surface area contributed by atoms with Crippen LogP contribution in [0.4, 0.5) is 11.4 Å². The molecule has 0 radical (unpaired) electrons. The predicted molar refractivity (Wildman–Crippen MR) is 120 cm³/mol. The standard InChI is InChI=1S/C22H20ClN3O4S/c23-19-11-4-5-12-20(19)26-31(29,30)18-10-6-9-17(14-18)25-22(28)15-24-21(27)13-16-7-2-1-3-8-16/h1-12,14,26H,13,15H2,(H,24,27)(H,25,28). The summed E-state index contributed by atoms with van der Waals surface area (Å²) in [4.78, 5) is 24.1. The number of carbonyl (C=O) groups excluding carboxylic acids is 2. The minimum absolute atomic E-state index is 0.0432. The molecule has 0 unspecified atom stereocenters. The molecule has 3 rings (SSSR count). The van der Waals surface area contributed by atoms with Gasteiger partial charge in [-0.1, -0.05) is 60.1 Å². The first-order valence-electron chi connectivity index (χ1n) is 9.31. The Hall–Kier alpha value is -3.36. The van der Waals surface area contributed by atoms with Crippen molar-refractivity contribution in [3.8, 4) is 0 Å². The number of rotatable bonds is 8. The van der Waals surface area contributed by atoms with E-state index in [4.69, 9.17) is 11.6 Å². The number of halogens is 1. The Bertz CT molecular complexity index is 1180. The number of carbonyl (C=O) groups is 2. The molecule has 7 nitrogen and oxygen atoms in total. The molecule has 2 amide bonds. The number of hydrogen-bond acceptors (Lipinski definition) is 4. The molecule has 9 heteroatoms. The zero-order valence-electron chi connectivity index (χ0n) is 16.3. The quantitative estimate of drug-likeness (QED) is 0.482. The molecule has 0 aromatic heterocycles. The summed E-state index contributed by atoms with van der Waals surface area (Å²) < 4.78 is 27.7. The normalized spacial score (nSPS) is 10.9. The van der Waals surface area contributed by atoms with Crippen LogP contribution in [0, 0.1) is 0 Å². The van der Waals surface area contributed by atoms with Crippen molar-refractivity contribution in [3.05, 3.63) is 89.4 Å². The molecule has 160 valence electrons. The third-order valence-corrected chi connectivity index (χ3v) is 5.89. The summed E-state index contributed by atoms with van der Waals surface area (Å²) in [6, 6.07) is 21.4. The van der Waals surface area contributed by atoms with Crippen LogP contribution in [0.2, 0.25) is 5.02 Å². The van der Waals surface area contributed by atoms with Gasteiger partial charge in [0.25, 0.3) is 10.0 Å². The smallest absolute Gasteiger partial charge is 0.262 e. The molecule has 3 N–H and O–H groups in total. The van der Waals surface area contributed by atoms with E-state index in [2.05, 4.69) is 15.4 Å². The molecule has 0 aliphatic carbocycles. The van der Waals surface area contributed by atoms with Crippen molar-refractivity contribution < 1.29 is 18.0 Å². The van der Waals surface area contributed by atoms with Gasteiger partial charge in [-0.05, 0) is 35.9 Å². The number of para-hydroxylation sites is 1. The van der Waals surface area contributed by atoms with Crippen LogP contribution in [-0.4, -0.2) is 26.8 Å². The minimum Gasteiger partial charge on any atom is -0.347 e. The van der Waals surface area contributed by atoms with Gasteiger partial charge in [-0.3, -0.25) is 14.3 Å². The van der Waals surface area contributed by atoms with E-state index in [1.807, 2.05) is 30.3 Å². The highest BCUT2D eigenvalue weighted by molar-refractivity contribution is 7.92. The number of anilines is 2. The van der Waals surface area contributed by atoms with E-state index in [1.54, 1.807) is 30.3 Å². The predicted octanol–water partition coefficient (Wildman–Crippen LogP) is 3.44. The number of nitrogens with one attached hydrogen (secondary N) is 3. The van der Waals surface area contributed by atoms with E-state index in [-0.39, 0.29) is 40.2 Å². The topological polar surface area (TPSA) is 104 Å². The number of benzene rings is 3. The lowest BCUT2D eigenvalue weighted by Crippen LogP contribution is -2.33. The summed E-state index contributed by atoms with van der Waals surface area (Å²) in [5.41, 5.74) is 1.37. The summed E-state index contributed by atoms with van der Waals surface area (Å²) >= 11 is 6.01. The summed E-state index contributed by atoms with van der Waals surface area (Å²) in [6.07, 6.45) is 0.162. The second kappa shape index (κ2) is 10.1. The molecule has 3 aromatic carbocycles. The number of sulfonamides is 1. The van der Waals surface area contributed by atoms with Gasteiger partial charge in [0.2, 0.25) is 11.8 Å². The largest absolute Gasteiger partial charge is 0.347 e. The lowest BCUT2D eigenvalue weighted by Gasteiger charge is -2.11. The van der Waals surface area contributed by atoms with Crippen LogP contribution in [-0.2, 0) is 26.0 Å². The molecule has 31 heavy (non-hydrogen) atoms. The van der Waals surface area contributed by atoms with Gasteiger partial charge in [-0.2, -0.15) is 0 Å². The molecule has 0 spiro atoms. The van der Waals surface area contributed by atoms with Crippen molar-refractivity contribution >= 4 is 44.8 Å². The van der Waals surface area contributed by atoms with Gasteiger partial charge in [-0.25, -0.2) is 8.42 Å². The van der Waals surface area contributed by atoms with E-state index < -0.39 is 15.9 Å². The Labute approximate surface area is 185 Å². The summed E-state index contributed by atoms with van der Waals surface area (Å²) in [7, 11) is -3.91. The van der Waals surface area contributed by atoms with Gasteiger partial charge in [0.15, 0.2) is 0 Å². The van der Waals surface area contributed by atoms with E-state index in [0.29, 0.717) is 0 Å². The summed E-state index contributed by atoms with van der Waals surface area (Å²) in [5, 5.41) is 5.38. The maximum atomic E-state index is 12.6. The number of hydrogen-bond donors (Lipinski definition) is 3. The summed E-state index contributed by atoms with van der Waals surface area (Å²) in [5.74, 6) is -0.767. The van der Waals surface area contributed by atoms with Crippen molar-refractivity contribution in [3.63, 3.8) is 0 Å². The molecule has 0 aliphatic heterocycles. The van der Waals surface area contributed by atoms with Crippen molar-refractivity contribution in [2.45, 2.75) is 11.3 Å². The molecule has 0 saturated carbocycles. The van der Waals surface area contributed by atoms with Crippen molar-refractivity contribution in [1.29, 1.82) is 0 Å². The molecule has 0 bridgehead atoms. The van der Waals surface area contributed by atoms with Crippen molar-refractivity contribution in [2.75, 3.05) is 16.6 Å². The van der Waals surface area contributed by atoms with Crippen molar-refractivity contribution in [1.82, 2.24) is 5.32 Å². The molecule has 0 atom stereocenters. The minimum atomic E-state index is -3.91. The zero-order chi connectivity index (χ0) is 22.3. The van der Waals surface area contributed by atoms with Crippen LogP contribution in [0.5, 0.6) is 0 Å². The lowest BCUT2D eigenvalue weighted by molar-refractivity contribution is -0.123. The van der Waals surface area contributed by atoms with Gasteiger partial charge in [-0.15, -0.1) is 0 Å². The van der Waals surface area contributed by atoms with Gasteiger partial charge in [0, 0.05) is 5.69 Å². The molecular formula is C22H20ClN3O4S. The van der Waals surface area contributed by atoms with Gasteiger partial charge >= 0.3 is 0 Å². The lowest BCUT2D eigenvalue weighted by atomic mass is 10.1. The van der Waals surface area contributed by atoms with Gasteiger partial charge < -0.3 is 10.6 Å². The summed E-state index contributed by atoms with van der Waals surface area (Å²) in [6.45, 7) is -0.236. The average molecular weight is 458 g/mol. The second-order valence-corrected chi connectivity index (χ2v) is 8.69. The van der Waals surface area contributed by atoms with Gasteiger partial charge in [0.1, 0.15) is 0 Å². The highest BCUT2D eigenvalue weighted by Gasteiger charge is 2.16. The van der Waals surface area contributed by atoms with Crippen LogP contribution in [0.3, 0.4) is 0 Å². The van der Waals surface area contributed by atoms with E-state index >= 15 is 0 Å². The molecular weight excluding hydrogens is 438 g/mol. The molecule has 0 saturated heterocycles. The van der Waals surface area contributed by atoms with Crippen molar-refractivity contribution in [2.24, 2.45) is 0 Å². The highest BCUT2D eigenvalue weighted by atomic mass is 35.5. The first kappa shape index (κ1) is 22.3. The monoisotopic (exact) mass is 457 g/mol. The Morgan fingerprint density at radius 2 is 1.55 bits per heavy atom. The third-order valence-electron chi connectivity index (χ3n) is 4.20. The third kappa shape index (κ3) is 6.56. The Kier molecular flexibility index (Phi) is 7.28. The van der Waals surface area contributed by atoms with Crippen LogP contribution >= 0.6 is 11.6 Å². The first-order valence-corrected chi connectivity index (χ1v) is 11.2. The average Bonchev–Trinajstić information content (AvgIpc) is 2.75. The Morgan fingerprint density at radius 1 is 0.839 bits per heavy atom. The number of amides is 2. The Morgan fingerprint density at radius 3 is 2.29 bits per heavy atom. The Balaban J connectivity index is 1.59. The van der Waals surface area contributed by atoms with Crippen LogP contribution < -0.4 is 15.4 Å². The highest BCUT2D eigenvalue weighted by Crippen LogP contribution is 2.25. The molecule has 0 aliphatic rings. The first-order chi connectivity index (χ1) is 14.8. The van der Waals surface area contributed by atoms with E-state index in [0.717, 1.165) is 5.56 Å². The maximum absolute atomic E-state index is 12.6. The molecule has 0 heterocycles. The SMILES string of the molecule is O=C(Cc1ccccc1)NCC(=O)Nc1cccc(S(=O)(=O)Nc2ccccc2Cl)c1. The fourth-order valence-corrected chi connectivity index (χ4v) is 4.08. The van der Waals surface area contributed by atoms with Crippen LogP contribution in [0.15, 0.2) is 83.8 Å². The van der Waals surface area contributed by atoms with Crippen LogP contribution in [0.25, 0.3) is 0 Å². The molecule has 3 aromatic rings. The van der Waals surface area contributed by atoms with Crippen LogP contribution in [0.1, 0.15) is 5.56 Å². The maximum Gasteiger partial charge on any atom is 0.262 e. The fourth-order valence-electron chi connectivity index (χ4n) is 2.72.